The molecule has 1 amide bonds. The van der Waals surface area contributed by atoms with Crippen molar-refractivity contribution in [3.05, 3.63) is 65.7 Å². The third-order valence-electron chi connectivity index (χ3n) is 3.93. The quantitative estimate of drug-likeness (QED) is 0.846. The van der Waals surface area contributed by atoms with Gasteiger partial charge in [0.15, 0.2) is 6.10 Å². The number of nitrogens with zero attached hydrogens (tertiary/aromatic N) is 1. The highest BCUT2D eigenvalue weighted by Gasteiger charge is 2.17. The molecule has 2 atom stereocenters. The summed E-state index contributed by atoms with van der Waals surface area (Å²) in [7, 11) is 0. The lowest BCUT2D eigenvalue weighted by atomic mass is 9.96. The van der Waals surface area contributed by atoms with E-state index >= 15 is 0 Å². The number of hydrogen-bond acceptors (Lipinski definition) is 3. The van der Waals surface area contributed by atoms with E-state index in [4.69, 9.17) is 10.00 Å². The first-order valence-corrected chi connectivity index (χ1v) is 8.13. The molecule has 0 aliphatic carbocycles. The topological polar surface area (TPSA) is 62.1 Å². The molecule has 4 nitrogen and oxygen atoms in total. The van der Waals surface area contributed by atoms with Crippen LogP contribution in [0.5, 0.6) is 5.75 Å². The van der Waals surface area contributed by atoms with Crippen molar-refractivity contribution in [3.8, 4) is 11.8 Å². The van der Waals surface area contributed by atoms with Crippen molar-refractivity contribution in [2.45, 2.75) is 32.3 Å². The van der Waals surface area contributed by atoms with E-state index in [0.717, 1.165) is 6.42 Å². The molecule has 0 heterocycles. The molecule has 4 heteroatoms. The van der Waals surface area contributed by atoms with Crippen LogP contribution in [0, 0.1) is 11.3 Å². The monoisotopic (exact) mass is 322 g/mol. The van der Waals surface area contributed by atoms with E-state index in [2.05, 4.69) is 30.4 Å². The number of carbonyl (C=O) groups excluding carboxylic acids is 1. The summed E-state index contributed by atoms with van der Waals surface area (Å²) >= 11 is 0. The molecule has 124 valence electrons. The Hall–Kier alpha value is -2.80. The van der Waals surface area contributed by atoms with Crippen molar-refractivity contribution >= 4 is 5.91 Å². The zero-order valence-electron chi connectivity index (χ0n) is 14.0. The van der Waals surface area contributed by atoms with Gasteiger partial charge >= 0.3 is 0 Å². The van der Waals surface area contributed by atoms with Gasteiger partial charge in [-0.05, 0) is 37.1 Å². The van der Waals surface area contributed by atoms with Crippen LogP contribution in [-0.4, -0.2) is 18.6 Å². The Morgan fingerprint density at radius 2 is 1.96 bits per heavy atom. The summed E-state index contributed by atoms with van der Waals surface area (Å²) in [6, 6.07) is 19.0. The molecular formula is C20H22N2O2. The first-order chi connectivity index (χ1) is 11.6. The molecule has 2 aromatic carbocycles. The van der Waals surface area contributed by atoms with E-state index in [-0.39, 0.29) is 11.8 Å². The van der Waals surface area contributed by atoms with Gasteiger partial charge in [0, 0.05) is 12.5 Å². The Balaban J connectivity index is 1.90. The number of nitriles is 1. The number of amides is 1. The molecule has 0 spiro atoms. The smallest absolute Gasteiger partial charge is 0.260 e. The van der Waals surface area contributed by atoms with E-state index < -0.39 is 6.10 Å². The van der Waals surface area contributed by atoms with Crippen LogP contribution in [0.3, 0.4) is 0 Å². The van der Waals surface area contributed by atoms with Gasteiger partial charge in [-0.15, -0.1) is 0 Å². The number of nitrogens with one attached hydrogen (secondary N) is 1. The molecule has 0 aliphatic rings. The summed E-state index contributed by atoms with van der Waals surface area (Å²) in [6.45, 7) is 4.39. The first kappa shape index (κ1) is 17.6. The SMILES string of the molecule is CC[C@H](CNC(=O)[C@H](C)Oc1cccc(C#N)c1)c1ccccc1. The third kappa shape index (κ3) is 4.85. The maximum Gasteiger partial charge on any atom is 0.260 e. The van der Waals surface area contributed by atoms with Crippen LogP contribution in [0.15, 0.2) is 54.6 Å². The van der Waals surface area contributed by atoms with Crippen LogP contribution < -0.4 is 10.1 Å². The van der Waals surface area contributed by atoms with Crippen molar-refractivity contribution in [1.29, 1.82) is 5.26 Å². The second-order valence-corrected chi connectivity index (χ2v) is 5.66. The normalized spacial score (nSPS) is 12.7. The van der Waals surface area contributed by atoms with Gasteiger partial charge in [-0.1, -0.05) is 43.3 Å². The van der Waals surface area contributed by atoms with Crippen LogP contribution in [0.1, 0.15) is 37.3 Å². The molecule has 0 radical (unpaired) electrons. The molecule has 24 heavy (non-hydrogen) atoms. The van der Waals surface area contributed by atoms with Gasteiger partial charge in [0.05, 0.1) is 11.6 Å². The summed E-state index contributed by atoms with van der Waals surface area (Å²) in [5.41, 5.74) is 1.73. The first-order valence-electron chi connectivity index (χ1n) is 8.13. The maximum absolute atomic E-state index is 12.3. The van der Waals surface area contributed by atoms with Crippen molar-refractivity contribution in [1.82, 2.24) is 5.32 Å². The van der Waals surface area contributed by atoms with E-state index in [1.165, 1.54) is 5.56 Å². The predicted molar refractivity (Wildman–Crippen MR) is 93.7 cm³/mol. The van der Waals surface area contributed by atoms with Crippen LogP contribution in [0.4, 0.5) is 0 Å². The highest BCUT2D eigenvalue weighted by Crippen LogP contribution is 2.18. The van der Waals surface area contributed by atoms with Gasteiger partial charge in [0.2, 0.25) is 0 Å². The number of rotatable bonds is 7. The Bertz CT molecular complexity index is 707. The lowest BCUT2D eigenvalue weighted by Gasteiger charge is -2.19. The Kier molecular flexibility index (Phi) is 6.39. The summed E-state index contributed by atoms with van der Waals surface area (Å²) in [5.74, 6) is 0.641. The average molecular weight is 322 g/mol. The van der Waals surface area contributed by atoms with Gasteiger partial charge in [0.1, 0.15) is 5.75 Å². The van der Waals surface area contributed by atoms with Gasteiger partial charge in [-0.2, -0.15) is 5.26 Å². The molecule has 0 aromatic heterocycles. The zero-order valence-corrected chi connectivity index (χ0v) is 14.0. The Morgan fingerprint density at radius 3 is 2.62 bits per heavy atom. The summed E-state index contributed by atoms with van der Waals surface area (Å²) in [5, 5.41) is 11.9. The fourth-order valence-corrected chi connectivity index (χ4v) is 2.49. The number of hydrogen-bond donors (Lipinski definition) is 1. The van der Waals surface area contributed by atoms with Crippen molar-refractivity contribution < 1.29 is 9.53 Å². The highest BCUT2D eigenvalue weighted by molar-refractivity contribution is 5.80. The fraction of sp³-hybridized carbons (Fsp3) is 0.300. The van der Waals surface area contributed by atoms with Crippen LogP contribution in [0.2, 0.25) is 0 Å². The molecule has 0 aliphatic heterocycles. The van der Waals surface area contributed by atoms with Crippen molar-refractivity contribution in [2.75, 3.05) is 6.54 Å². The standard InChI is InChI=1S/C20H22N2O2/c1-3-17(18-9-5-4-6-10-18)14-22-20(23)15(2)24-19-11-7-8-16(12-19)13-21/h4-12,15,17H,3,14H2,1-2H3,(H,22,23)/t15-,17+/m0/s1. The minimum absolute atomic E-state index is 0.160. The van der Waals surface area contributed by atoms with Crippen LogP contribution in [0.25, 0.3) is 0 Å². The molecule has 0 fully saturated rings. The molecule has 0 unspecified atom stereocenters. The molecule has 2 aromatic rings. The minimum Gasteiger partial charge on any atom is -0.481 e. The second kappa shape index (κ2) is 8.73. The van der Waals surface area contributed by atoms with E-state index in [1.54, 1.807) is 31.2 Å². The second-order valence-electron chi connectivity index (χ2n) is 5.66. The summed E-state index contributed by atoms with van der Waals surface area (Å²) in [4.78, 5) is 12.3. The molecule has 0 bridgehead atoms. The maximum atomic E-state index is 12.3. The minimum atomic E-state index is -0.618. The Labute approximate surface area is 143 Å². The van der Waals surface area contributed by atoms with Gasteiger partial charge in [-0.25, -0.2) is 0 Å². The van der Waals surface area contributed by atoms with E-state index in [0.29, 0.717) is 17.9 Å². The third-order valence-corrected chi connectivity index (χ3v) is 3.93. The fourth-order valence-electron chi connectivity index (χ4n) is 2.49. The largest absolute Gasteiger partial charge is 0.481 e. The van der Waals surface area contributed by atoms with E-state index in [1.807, 2.05) is 18.2 Å². The lowest BCUT2D eigenvalue weighted by molar-refractivity contribution is -0.127. The number of benzene rings is 2. The van der Waals surface area contributed by atoms with Crippen LogP contribution >= 0.6 is 0 Å². The van der Waals surface area contributed by atoms with Gasteiger partial charge < -0.3 is 10.1 Å². The summed E-state index contributed by atoms with van der Waals surface area (Å²) < 4.78 is 5.63. The Morgan fingerprint density at radius 1 is 1.21 bits per heavy atom. The zero-order chi connectivity index (χ0) is 17.4. The van der Waals surface area contributed by atoms with Crippen molar-refractivity contribution in [3.63, 3.8) is 0 Å². The van der Waals surface area contributed by atoms with Crippen LogP contribution in [-0.2, 0) is 4.79 Å². The van der Waals surface area contributed by atoms with Crippen molar-refractivity contribution in [2.24, 2.45) is 0 Å². The predicted octanol–water partition coefficient (Wildman–Crippen LogP) is 3.64. The molecular weight excluding hydrogens is 300 g/mol. The molecule has 0 saturated heterocycles. The van der Waals surface area contributed by atoms with Gasteiger partial charge in [-0.3, -0.25) is 4.79 Å². The number of carbonyl (C=O) groups is 1. The van der Waals surface area contributed by atoms with E-state index in [9.17, 15) is 4.79 Å². The lowest BCUT2D eigenvalue weighted by Crippen LogP contribution is -2.38. The molecule has 2 rings (SSSR count). The molecule has 0 saturated carbocycles. The molecule has 1 N–H and O–H groups in total. The number of ether oxygens (including phenoxy) is 1. The highest BCUT2D eigenvalue weighted by atomic mass is 16.5. The average Bonchev–Trinajstić information content (AvgIpc) is 2.63. The van der Waals surface area contributed by atoms with Gasteiger partial charge in [0.25, 0.3) is 5.91 Å². The summed E-state index contributed by atoms with van der Waals surface area (Å²) in [6.07, 6.45) is 0.330.